The van der Waals surface area contributed by atoms with E-state index >= 15 is 0 Å². The SMILES string of the molecule is Brc1cccc(CCc2ccc3ccccc3c2)c1.Nc1ccc2ccccc2c1.O=Cc1cccc(Br)c1. The quantitative estimate of drug-likeness (QED) is 0.154. The molecule has 2 nitrogen and oxygen atoms in total. The lowest BCUT2D eigenvalue weighted by Gasteiger charge is -2.05. The van der Waals surface area contributed by atoms with Crippen LogP contribution in [0.2, 0.25) is 0 Å². The molecule has 0 bridgehead atoms. The van der Waals surface area contributed by atoms with Crippen molar-refractivity contribution in [3.05, 3.63) is 159 Å². The molecule has 0 aliphatic carbocycles. The second-order valence-electron chi connectivity index (χ2n) is 9.09. The number of carbonyl (C=O) groups excluding carboxylic acids is 1. The number of fused-ring (bicyclic) bond motifs is 2. The van der Waals surface area contributed by atoms with Crippen LogP contribution >= 0.6 is 31.9 Å². The average molecular weight is 639 g/mol. The molecule has 0 saturated heterocycles. The highest BCUT2D eigenvalue weighted by Crippen LogP contribution is 2.19. The Morgan fingerprint density at radius 2 is 1.05 bits per heavy atom. The number of nitrogens with two attached hydrogens (primary N) is 1. The van der Waals surface area contributed by atoms with Gasteiger partial charge in [-0.1, -0.05) is 129 Å². The average Bonchev–Trinajstić information content (AvgIpc) is 2.96. The number of halogens is 2. The maximum Gasteiger partial charge on any atom is 0.150 e. The summed E-state index contributed by atoms with van der Waals surface area (Å²) in [5.41, 5.74) is 9.92. The summed E-state index contributed by atoms with van der Waals surface area (Å²) in [6.45, 7) is 0. The van der Waals surface area contributed by atoms with E-state index in [9.17, 15) is 4.79 Å². The Morgan fingerprint density at radius 3 is 1.64 bits per heavy atom. The minimum absolute atomic E-state index is 0.698. The third-order valence-corrected chi connectivity index (χ3v) is 7.15. The lowest BCUT2D eigenvalue weighted by atomic mass is 10.0. The van der Waals surface area contributed by atoms with Crippen molar-refractivity contribution < 1.29 is 4.79 Å². The molecule has 0 atom stereocenters. The summed E-state index contributed by atoms with van der Waals surface area (Å²) in [6.07, 6.45) is 2.99. The van der Waals surface area contributed by atoms with E-state index in [1.807, 2.05) is 42.5 Å². The van der Waals surface area contributed by atoms with Crippen LogP contribution in [0.3, 0.4) is 0 Å². The predicted octanol–water partition coefficient (Wildman–Crippen LogP) is 10.1. The van der Waals surface area contributed by atoms with E-state index in [0.717, 1.165) is 33.8 Å². The Labute approximate surface area is 246 Å². The Hall–Kier alpha value is -3.73. The highest BCUT2D eigenvalue weighted by atomic mass is 79.9. The zero-order chi connectivity index (χ0) is 27.5. The Kier molecular flexibility index (Phi) is 10.5. The van der Waals surface area contributed by atoms with E-state index in [4.69, 9.17) is 5.73 Å². The summed E-state index contributed by atoms with van der Waals surface area (Å²) in [7, 11) is 0. The van der Waals surface area contributed by atoms with Crippen LogP contribution in [0.4, 0.5) is 5.69 Å². The van der Waals surface area contributed by atoms with E-state index in [0.29, 0.717) is 5.56 Å². The molecule has 6 aromatic rings. The second-order valence-corrected chi connectivity index (χ2v) is 10.9. The maximum absolute atomic E-state index is 10.1. The minimum atomic E-state index is 0.698. The molecule has 2 N–H and O–H groups in total. The first-order chi connectivity index (χ1) is 19.0. The zero-order valence-corrected chi connectivity index (χ0v) is 24.6. The van der Waals surface area contributed by atoms with Gasteiger partial charge in [-0.05, 0) is 81.9 Å². The molecule has 0 amide bonds. The first kappa shape index (κ1) is 28.3. The van der Waals surface area contributed by atoms with Crippen LogP contribution in [0.25, 0.3) is 21.5 Å². The summed E-state index contributed by atoms with van der Waals surface area (Å²) < 4.78 is 2.09. The van der Waals surface area contributed by atoms with Crippen molar-refractivity contribution >= 4 is 65.4 Å². The third kappa shape index (κ3) is 8.91. The summed E-state index contributed by atoms with van der Waals surface area (Å²) in [5.74, 6) is 0. The second kappa shape index (κ2) is 14.4. The van der Waals surface area contributed by atoms with Crippen LogP contribution in [0.15, 0.2) is 142 Å². The molecule has 0 saturated carbocycles. The largest absolute Gasteiger partial charge is 0.399 e. The standard InChI is InChI=1S/C18H15Br.C10H9N.C7H5BrO/c19-18-7-3-4-14(13-18)8-9-15-10-11-16-5-1-2-6-17(16)12-15;11-10-6-5-8-3-1-2-4-9(8)7-10;8-7-3-1-2-6(4-7)5-9/h1-7,10-13H,8-9H2;1-7H,11H2;1-5H. The molecule has 0 fully saturated rings. The normalized spacial score (nSPS) is 10.2. The molecule has 0 unspecified atom stereocenters. The number of hydrogen-bond acceptors (Lipinski definition) is 2. The molecular formula is C35H29Br2NO. The summed E-state index contributed by atoms with van der Waals surface area (Å²) >= 11 is 6.76. The molecule has 0 spiro atoms. The number of aldehydes is 1. The lowest BCUT2D eigenvalue weighted by Crippen LogP contribution is -1.91. The number of carbonyl (C=O) groups is 1. The smallest absolute Gasteiger partial charge is 0.150 e. The Bertz CT molecular complexity index is 1680. The van der Waals surface area contributed by atoms with Gasteiger partial charge in [0.2, 0.25) is 0 Å². The first-order valence-corrected chi connectivity index (χ1v) is 14.3. The van der Waals surface area contributed by atoms with Gasteiger partial charge in [-0.2, -0.15) is 0 Å². The molecular weight excluding hydrogens is 610 g/mol. The predicted molar refractivity (Wildman–Crippen MR) is 173 cm³/mol. The van der Waals surface area contributed by atoms with Crippen LogP contribution in [0, 0.1) is 0 Å². The van der Waals surface area contributed by atoms with Gasteiger partial charge in [-0.25, -0.2) is 0 Å². The van der Waals surface area contributed by atoms with Gasteiger partial charge in [0.25, 0.3) is 0 Å². The summed E-state index contributed by atoms with van der Waals surface area (Å²) in [5, 5.41) is 5.08. The van der Waals surface area contributed by atoms with Crippen LogP contribution in [0.1, 0.15) is 21.5 Å². The highest BCUT2D eigenvalue weighted by Gasteiger charge is 1.99. The monoisotopic (exact) mass is 637 g/mol. The van der Waals surface area contributed by atoms with Crippen molar-refractivity contribution in [2.24, 2.45) is 0 Å². The van der Waals surface area contributed by atoms with Crippen LogP contribution in [-0.2, 0) is 12.8 Å². The fourth-order valence-electron chi connectivity index (χ4n) is 4.16. The molecule has 0 aliphatic heterocycles. The van der Waals surface area contributed by atoms with E-state index in [2.05, 4.69) is 111 Å². The van der Waals surface area contributed by atoms with E-state index in [1.54, 1.807) is 12.1 Å². The fraction of sp³-hybridized carbons (Fsp3) is 0.0571. The summed E-state index contributed by atoms with van der Waals surface area (Å²) in [6, 6.07) is 45.2. The summed E-state index contributed by atoms with van der Waals surface area (Å²) in [4.78, 5) is 10.1. The van der Waals surface area contributed by atoms with E-state index in [1.165, 1.54) is 32.7 Å². The van der Waals surface area contributed by atoms with E-state index < -0.39 is 0 Å². The number of hydrogen-bond donors (Lipinski definition) is 1. The number of aryl methyl sites for hydroxylation is 2. The number of nitrogen functional groups attached to an aromatic ring is 1. The maximum atomic E-state index is 10.1. The van der Waals surface area contributed by atoms with Crippen LogP contribution in [0.5, 0.6) is 0 Å². The molecule has 6 rings (SSSR count). The van der Waals surface area contributed by atoms with Gasteiger partial charge < -0.3 is 5.73 Å². The molecule has 0 aromatic heterocycles. The minimum Gasteiger partial charge on any atom is -0.399 e. The number of benzene rings is 6. The van der Waals surface area contributed by atoms with Gasteiger partial charge in [0, 0.05) is 20.2 Å². The molecule has 4 heteroatoms. The van der Waals surface area contributed by atoms with Gasteiger partial charge in [-0.3, -0.25) is 4.79 Å². The van der Waals surface area contributed by atoms with Crippen molar-refractivity contribution in [2.75, 3.05) is 5.73 Å². The van der Waals surface area contributed by atoms with Gasteiger partial charge in [0.15, 0.2) is 0 Å². The Morgan fingerprint density at radius 1 is 0.513 bits per heavy atom. The van der Waals surface area contributed by atoms with Crippen molar-refractivity contribution in [3.8, 4) is 0 Å². The molecule has 194 valence electrons. The van der Waals surface area contributed by atoms with Crippen molar-refractivity contribution in [2.45, 2.75) is 12.8 Å². The van der Waals surface area contributed by atoms with Gasteiger partial charge >= 0.3 is 0 Å². The van der Waals surface area contributed by atoms with Crippen LogP contribution < -0.4 is 5.73 Å². The van der Waals surface area contributed by atoms with Gasteiger partial charge in [-0.15, -0.1) is 0 Å². The van der Waals surface area contributed by atoms with Gasteiger partial charge in [0.1, 0.15) is 6.29 Å². The lowest BCUT2D eigenvalue weighted by molar-refractivity contribution is 0.112. The van der Waals surface area contributed by atoms with E-state index in [-0.39, 0.29) is 0 Å². The topological polar surface area (TPSA) is 43.1 Å². The van der Waals surface area contributed by atoms with Crippen molar-refractivity contribution in [3.63, 3.8) is 0 Å². The van der Waals surface area contributed by atoms with Gasteiger partial charge in [0.05, 0.1) is 0 Å². The van der Waals surface area contributed by atoms with Crippen LogP contribution in [-0.4, -0.2) is 6.29 Å². The number of anilines is 1. The van der Waals surface area contributed by atoms with Crippen molar-refractivity contribution in [1.82, 2.24) is 0 Å². The zero-order valence-electron chi connectivity index (χ0n) is 21.4. The first-order valence-electron chi connectivity index (χ1n) is 12.7. The molecule has 0 heterocycles. The fourth-order valence-corrected chi connectivity index (χ4v) is 5.03. The molecule has 6 aromatic carbocycles. The Balaban J connectivity index is 0.000000149. The third-order valence-electron chi connectivity index (χ3n) is 6.16. The molecule has 39 heavy (non-hydrogen) atoms. The van der Waals surface area contributed by atoms with Crippen molar-refractivity contribution in [1.29, 1.82) is 0 Å². The number of rotatable bonds is 4. The highest BCUT2D eigenvalue weighted by molar-refractivity contribution is 9.10. The molecule has 0 aliphatic rings. The molecule has 0 radical (unpaired) electrons.